The Labute approximate surface area is 181 Å². The molecule has 0 radical (unpaired) electrons. The lowest BCUT2D eigenvalue weighted by Crippen LogP contribution is -2.15. The largest absolute Gasteiger partial charge is 0.325 e. The fourth-order valence-corrected chi connectivity index (χ4v) is 3.70. The van der Waals surface area contributed by atoms with E-state index in [9.17, 15) is 13.6 Å². The van der Waals surface area contributed by atoms with Gasteiger partial charge < -0.3 is 5.32 Å². The van der Waals surface area contributed by atoms with Crippen molar-refractivity contribution in [1.29, 1.82) is 0 Å². The maximum absolute atomic E-state index is 13.3. The van der Waals surface area contributed by atoms with Crippen molar-refractivity contribution >= 4 is 23.4 Å². The van der Waals surface area contributed by atoms with Crippen LogP contribution in [0, 0.1) is 11.6 Å². The van der Waals surface area contributed by atoms with E-state index in [0.29, 0.717) is 17.5 Å². The summed E-state index contributed by atoms with van der Waals surface area (Å²) in [5.74, 6) is -1.30. The molecule has 156 valence electrons. The van der Waals surface area contributed by atoms with Gasteiger partial charge in [-0.05, 0) is 29.8 Å². The molecule has 0 saturated heterocycles. The van der Waals surface area contributed by atoms with Crippen LogP contribution >= 0.6 is 11.8 Å². The van der Waals surface area contributed by atoms with Gasteiger partial charge in [-0.25, -0.2) is 8.78 Å². The second-order valence-corrected chi connectivity index (χ2v) is 7.56. The van der Waals surface area contributed by atoms with Gasteiger partial charge >= 0.3 is 0 Å². The van der Waals surface area contributed by atoms with Crippen LogP contribution < -0.4 is 5.32 Å². The van der Waals surface area contributed by atoms with Gasteiger partial charge in [0.25, 0.3) is 0 Å². The average Bonchev–Trinajstić information content (AvgIpc) is 3.15. The number of amides is 1. The fourth-order valence-electron chi connectivity index (χ4n) is 2.97. The lowest BCUT2D eigenvalue weighted by atomic mass is 10.2. The monoisotopic (exact) mass is 437 g/mol. The van der Waals surface area contributed by atoms with Gasteiger partial charge in [0.05, 0.1) is 12.3 Å². The molecule has 2 aromatic carbocycles. The van der Waals surface area contributed by atoms with Crippen molar-refractivity contribution < 1.29 is 13.6 Å². The quantitative estimate of drug-likeness (QED) is 0.434. The Hall–Kier alpha value is -3.59. The molecule has 0 unspecified atom stereocenters. The molecule has 1 amide bonds. The lowest BCUT2D eigenvalue weighted by Gasteiger charge is -2.10. The number of carbonyl (C=O) groups excluding carboxylic acids is 1. The number of nitrogens with one attached hydrogen (secondary N) is 1. The molecule has 4 rings (SSSR count). The van der Waals surface area contributed by atoms with Crippen molar-refractivity contribution in [3.05, 3.63) is 90.3 Å². The van der Waals surface area contributed by atoms with Crippen LogP contribution in [-0.2, 0) is 11.3 Å². The van der Waals surface area contributed by atoms with Gasteiger partial charge in [0.2, 0.25) is 5.91 Å². The van der Waals surface area contributed by atoms with E-state index in [1.54, 1.807) is 12.4 Å². The van der Waals surface area contributed by atoms with Crippen molar-refractivity contribution in [2.45, 2.75) is 11.7 Å². The number of hydrogen-bond acceptors (Lipinski definition) is 5. The van der Waals surface area contributed by atoms with E-state index in [0.717, 1.165) is 29.3 Å². The van der Waals surface area contributed by atoms with Crippen LogP contribution in [0.25, 0.3) is 11.4 Å². The normalized spacial score (nSPS) is 10.8. The summed E-state index contributed by atoms with van der Waals surface area (Å²) < 4.78 is 28.6. The smallest absolute Gasteiger partial charge is 0.234 e. The number of benzene rings is 2. The maximum atomic E-state index is 13.3. The van der Waals surface area contributed by atoms with Gasteiger partial charge in [0.15, 0.2) is 11.0 Å². The number of halogens is 2. The number of hydrogen-bond donors (Lipinski definition) is 1. The first-order chi connectivity index (χ1) is 15.1. The van der Waals surface area contributed by atoms with Gasteiger partial charge in [-0.15, -0.1) is 10.2 Å². The zero-order valence-corrected chi connectivity index (χ0v) is 17.0. The predicted molar refractivity (Wildman–Crippen MR) is 115 cm³/mol. The Morgan fingerprint density at radius 2 is 1.77 bits per heavy atom. The minimum absolute atomic E-state index is 0.00189. The highest BCUT2D eigenvalue weighted by atomic mass is 32.2. The summed E-state index contributed by atoms with van der Waals surface area (Å²) in [5, 5.41) is 11.6. The zero-order chi connectivity index (χ0) is 21.6. The van der Waals surface area contributed by atoms with Crippen LogP contribution in [0.2, 0.25) is 0 Å². The molecule has 0 aliphatic heterocycles. The summed E-state index contributed by atoms with van der Waals surface area (Å²) in [6.45, 7) is 0.511. The van der Waals surface area contributed by atoms with Crippen molar-refractivity contribution in [3.8, 4) is 11.4 Å². The number of carbonyl (C=O) groups is 1. The van der Waals surface area contributed by atoms with Crippen LogP contribution in [0.5, 0.6) is 0 Å². The molecule has 0 bridgehead atoms. The van der Waals surface area contributed by atoms with Gasteiger partial charge in [0.1, 0.15) is 11.6 Å². The molecule has 9 heteroatoms. The molecule has 0 saturated carbocycles. The van der Waals surface area contributed by atoms with Crippen molar-refractivity contribution in [3.63, 3.8) is 0 Å². The Morgan fingerprint density at radius 3 is 2.48 bits per heavy atom. The molecule has 1 N–H and O–H groups in total. The van der Waals surface area contributed by atoms with Crippen LogP contribution in [0.15, 0.2) is 78.2 Å². The summed E-state index contributed by atoms with van der Waals surface area (Å²) in [6.07, 6.45) is 3.38. The first kappa shape index (κ1) is 20.7. The van der Waals surface area contributed by atoms with Crippen LogP contribution in [0.1, 0.15) is 5.56 Å². The van der Waals surface area contributed by atoms with Crippen molar-refractivity contribution in [2.24, 2.45) is 0 Å². The van der Waals surface area contributed by atoms with Gasteiger partial charge in [-0.3, -0.25) is 14.3 Å². The maximum Gasteiger partial charge on any atom is 0.234 e. The van der Waals surface area contributed by atoms with E-state index in [-0.39, 0.29) is 11.4 Å². The Bertz CT molecular complexity index is 1160. The van der Waals surface area contributed by atoms with E-state index >= 15 is 0 Å². The van der Waals surface area contributed by atoms with E-state index < -0.39 is 17.5 Å². The van der Waals surface area contributed by atoms with Gasteiger partial charge in [0, 0.05) is 29.7 Å². The summed E-state index contributed by atoms with van der Waals surface area (Å²) in [5.41, 5.74) is 1.91. The summed E-state index contributed by atoms with van der Waals surface area (Å²) in [7, 11) is 0. The molecule has 0 aliphatic carbocycles. The molecule has 4 aromatic rings. The van der Waals surface area contributed by atoms with Crippen molar-refractivity contribution in [2.75, 3.05) is 11.1 Å². The van der Waals surface area contributed by atoms with Crippen LogP contribution in [0.4, 0.5) is 14.5 Å². The summed E-state index contributed by atoms with van der Waals surface area (Å²) >= 11 is 1.19. The highest BCUT2D eigenvalue weighted by Gasteiger charge is 2.16. The summed E-state index contributed by atoms with van der Waals surface area (Å²) in [4.78, 5) is 16.5. The number of anilines is 1. The Morgan fingerprint density at radius 1 is 1.00 bits per heavy atom. The third-order valence-electron chi connectivity index (χ3n) is 4.30. The molecule has 2 heterocycles. The highest BCUT2D eigenvalue weighted by molar-refractivity contribution is 7.99. The number of thioether (sulfide) groups is 1. The molecule has 0 fully saturated rings. The minimum atomic E-state index is -0.758. The highest BCUT2D eigenvalue weighted by Crippen LogP contribution is 2.25. The fraction of sp³-hybridized carbons (Fsp3) is 0.0909. The minimum Gasteiger partial charge on any atom is -0.325 e. The predicted octanol–water partition coefficient (Wildman–Crippen LogP) is 4.40. The van der Waals surface area contributed by atoms with Crippen molar-refractivity contribution in [1.82, 2.24) is 19.7 Å². The zero-order valence-electron chi connectivity index (χ0n) is 16.2. The molecule has 6 nitrogen and oxygen atoms in total. The number of nitrogens with zero attached hydrogens (tertiary/aromatic N) is 4. The number of rotatable bonds is 7. The number of aromatic nitrogens is 4. The summed E-state index contributed by atoms with van der Waals surface area (Å²) in [6, 6.07) is 16.4. The Kier molecular flexibility index (Phi) is 6.32. The molecule has 31 heavy (non-hydrogen) atoms. The van der Waals surface area contributed by atoms with Gasteiger partial charge in [-0.1, -0.05) is 42.1 Å². The molecule has 0 atom stereocenters. The first-order valence-electron chi connectivity index (χ1n) is 9.35. The van der Waals surface area contributed by atoms with Gasteiger partial charge in [-0.2, -0.15) is 0 Å². The first-order valence-corrected chi connectivity index (χ1v) is 10.3. The molecular formula is C22H17F2N5OS. The van der Waals surface area contributed by atoms with E-state index in [4.69, 9.17) is 0 Å². The van der Waals surface area contributed by atoms with E-state index in [2.05, 4.69) is 20.5 Å². The second-order valence-electron chi connectivity index (χ2n) is 6.61. The Balaban J connectivity index is 1.53. The van der Waals surface area contributed by atoms with E-state index in [1.165, 1.54) is 11.8 Å². The molecule has 2 aromatic heterocycles. The molecule has 0 aliphatic rings. The average molecular weight is 437 g/mol. The van der Waals surface area contributed by atoms with Crippen LogP contribution in [-0.4, -0.2) is 31.4 Å². The second kappa shape index (κ2) is 9.48. The lowest BCUT2D eigenvalue weighted by molar-refractivity contribution is -0.113. The molecular weight excluding hydrogens is 420 g/mol. The van der Waals surface area contributed by atoms with Crippen LogP contribution in [0.3, 0.4) is 0 Å². The SMILES string of the molecule is O=C(CSc1nnc(-c2cccnc2)n1Cc1ccccc1)Nc1cc(F)cc(F)c1. The van der Waals surface area contributed by atoms with E-state index in [1.807, 2.05) is 47.0 Å². The third-order valence-corrected chi connectivity index (χ3v) is 5.27. The third kappa shape index (κ3) is 5.32. The standard InChI is InChI=1S/C22H17F2N5OS/c23-17-9-18(24)11-19(10-17)26-20(30)14-31-22-28-27-21(16-7-4-8-25-12-16)29(22)13-15-5-2-1-3-6-15/h1-12H,13-14H2,(H,26,30). The number of pyridine rings is 1. The topological polar surface area (TPSA) is 72.7 Å². The molecule has 0 spiro atoms.